The summed E-state index contributed by atoms with van der Waals surface area (Å²) in [5.41, 5.74) is 1.46. The molecular weight excluding hydrogens is 325 g/mol. The Hall–Kier alpha value is -1.79. The maximum Gasteiger partial charge on any atom is 0.270 e. The number of benzene rings is 1. The Morgan fingerprint density at radius 1 is 1.38 bits per heavy atom. The molecule has 1 fully saturated rings. The first-order chi connectivity index (χ1) is 11.7. The molecule has 0 aliphatic carbocycles. The normalized spacial score (nSPS) is 17.6. The summed E-state index contributed by atoms with van der Waals surface area (Å²) in [6.07, 6.45) is 4.08. The minimum absolute atomic E-state index is 0.111. The van der Waals surface area contributed by atoms with E-state index in [4.69, 9.17) is 0 Å². The monoisotopic (exact) mass is 347 g/mol. The third kappa shape index (κ3) is 4.85. The highest BCUT2D eigenvalue weighted by atomic mass is 32.1. The van der Waals surface area contributed by atoms with Gasteiger partial charge in [0.25, 0.3) is 5.91 Å². The van der Waals surface area contributed by atoms with Crippen LogP contribution in [0.4, 0.5) is 4.39 Å². The number of carbonyl (C=O) groups is 1. The topological polar surface area (TPSA) is 54.0 Å². The molecule has 1 amide bonds. The number of nitrogens with zero attached hydrogens (tertiary/aromatic N) is 1. The molecule has 0 radical (unpaired) electrons. The molecule has 2 heterocycles. The van der Waals surface area contributed by atoms with Gasteiger partial charge in [-0.15, -0.1) is 11.3 Å². The first kappa shape index (κ1) is 17.0. The summed E-state index contributed by atoms with van der Waals surface area (Å²) >= 11 is 1.46. The third-order valence-electron chi connectivity index (χ3n) is 4.29. The molecule has 6 heteroatoms. The fourth-order valence-corrected chi connectivity index (χ4v) is 3.73. The molecule has 0 saturated carbocycles. The van der Waals surface area contributed by atoms with E-state index in [-0.39, 0.29) is 11.7 Å². The van der Waals surface area contributed by atoms with Crippen LogP contribution in [0.1, 0.15) is 40.3 Å². The number of thiazole rings is 1. The van der Waals surface area contributed by atoms with Gasteiger partial charge in [-0.3, -0.25) is 4.79 Å². The second-order valence-electron chi connectivity index (χ2n) is 6.19. The maximum atomic E-state index is 12.9. The van der Waals surface area contributed by atoms with Crippen LogP contribution >= 0.6 is 11.3 Å². The highest BCUT2D eigenvalue weighted by molar-refractivity contribution is 7.09. The van der Waals surface area contributed by atoms with Crippen molar-refractivity contribution in [3.05, 3.63) is 51.7 Å². The number of hydrogen-bond acceptors (Lipinski definition) is 4. The Kier molecular flexibility index (Phi) is 5.93. The summed E-state index contributed by atoms with van der Waals surface area (Å²) in [7, 11) is 0. The summed E-state index contributed by atoms with van der Waals surface area (Å²) in [6, 6.07) is 6.37. The highest BCUT2D eigenvalue weighted by Gasteiger charge is 2.14. The number of amides is 1. The van der Waals surface area contributed by atoms with Gasteiger partial charge in [-0.25, -0.2) is 9.37 Å². The van der Waals surface area contributed by atoms with E-state index in [1.165, 1.54) is 36.3 Å². The van der Waals surface area contributed by atoms with Crippen LogP contribution in [0.5, 0.6) is 0 Å². The van der Waals surface area contributed by atoms with Gasteiger partial charge >= 0.3 is 0 Å². The van der Waals surface area contributed by atoms with Crippen LogP contribution in [-0.2, 0) is 6.42 Å². The molecule has 1 aliphatic heterocycles. The van der Waals surface area contributed by atoms with Crippen molar-refractivity contribution in [3.8, 4) is 0 Å². The smallest absolute Gasteiger partial charge is 0.270 e. The van der Waals surface area contributed by atoms with Gasteiger partial charge in [0.2, 0.25) is 0 Å². The van der Waals surface area contributed by atoms with Crippen LogP contribution in [-0.4, -0.2) is 30.5 Å². The number of nitrogens with one attached hydrogen (secondary N) is 2. The number of hydrogen-bond donors (Lipinski definition) is 2. The van der Waals surface area contributed by atoms with Gasteiger partial charge in [0.15, 0.2) is 0 Å². The Labute approximate surface area is 145 Å². The molecule has 1 saturated heterocycles. The lowest BCUT2D eigenvalue weighted by atomic mass is 9.96. The minimum Gasteiger partial charge on any atom is -0.351 e. The number of halogens is 1. The first-order valence-electron chi connectivity index (χ1n) is 8.38. The zero-order valence-electron chi connectivity index (χ0n) is 13.6. The summed E-state index contributed by atoms with van der Waals surface area (Å²) in [6.45, 7) is 2.85. The molecule has 1 aromatic heterocycles. The van der Waals surface area contributed by atoms with Gasteiger partial charge in [-0.2, -0.15) is 0 Å². The fourth-order valence-electron chi connectivity index (χ4n) is 2.92. The standard InChI is InChI=1S/C18H22FN3OS/c19-15-5-3-13(4-6-15)10-17-22-16(12-24-17)18(23)21-9-7-14-2-1-8-20-11-14/h3-6,12,14,20H,1-2,7-11H2,(H,21,23). The Morgan fingerprint density at radius 2 is 2.21 bits per heavy atom. The molecular formula is C18H22FN3OS. The van der Waals surface area contributed by atoms with E-state index in [1.807, 2.05) is 0 Å². The Morgan fingerprint density at radius 3 is 2.96 bits per heavy atom. The number of carbonyl (C=O) groups excluding carboxylic acids is 1. The predicted molar refractivity (Wildman–Crippen MR) is 93.9 cm³/mol. The van der Waals surface area contributed by atoms with Crippen LogP contribution < -0.4 is 10.6 Å². The average molecular weight is 347 g/mol. The predicted octanol–water partition coefficient (Wildman–Crippen LogP) is 2.99. The number of rotatable bonds is 6. The van der Waals surface area contributed by atoms with E-state index in [0.29, 0.717) is 24.6 Å². The lowest BCUT2D eigenvalue weighted by Gasteiger charge is -2.22. The summed E-state index contributed by atoms with van der Waals surface area (Å²) < 4.78 is 12.9. The molecule has 0 bridgehead atoms. The summed E-state index contributed by atoms with van der Waals surface area (Å²) in [5.74, 6) is 0.301. The Bertz CT molecular complexity index is 665. The van der Waals surface area contributed by atoms with Crippen molar-refractivity contribution < 1.29 is 9.18 Å². The molecule has 1 aromatic carbocycles. The molecule has 1 unspecified atom stereocenters. The summed E-state index contributed by atoms with van der Waals surface area (Å²) in [5, 5.41) is 9.00. The van der Waals surface area contributed by atoms with Crippen LogP contribution in [0.15, 0.2) is 29.6 Å². The van der Waals surface area contributed by atoms with Crippen LogP contribution in [0.25, 0.3) is 0 Å². The van der Waals surface area contributed by atoms with Gasteiger partial charge in [-0.05, 0) is 56.0 Å². The largest absolute Gasteiger partial charge is 0.351 e. The summed E-state index contributed by atoms with van der Waals surface area (Å²) in [4.78, 5) is 16.6. The van der Waals surface area contributed by atoms with E-state index in [9.17, 15) is 9.18 Å². The lowest BCUT2D eigenvalue weighted by molar-refractivity contribution is 0.0946. The zero-order valence-corrected chi connectivity index (χ0v) is 14.4. The molecule has 2 N–H and O–H groups in total. The van der Waals surface area contributed by atoms with Gasteiger partial charge in [0.1, 0.15) is 11.5 Å². The first-order valence-corrected chi connectivity index (χ1v) is 9.26. The molecule has 1 atom stereocenters. The highest BCUT2D eigenvalue weighted by Crippen LogP contribution is 2.16. The van der Waals surface area contributed by atoms with Gasteiger partial charge in [0.05, 0.1) is 5.01 Å². The minimum atomic E-state index is -0.244. The Balaban J connectivity index is 1.47. The molecule has 1 aliphatic rings. The van der Waals surface area contributed by atoms with Crippen LogP contribution in [0.3, 0.4) is 0 Å². The molecule has 128 valence electrons. The molecule has 3 rings (SSSR count). The number of aromatic nitrogens is 1. The second kappa shape index (κ2) is 8.35. The SMILES string of the molecule is O=C(NCCC1CCCNC1)c1csc(Cc2ccc(F)cc2)n1. The van der Waals surface area contributed by atoms with E-state index >= 15 is 0 Å². The van der Waals surface area contributed by atoms with Crippen molar-refractivity contribution in [1.82, 2.24) is 15.6 Å². The van der Waals surface area contributed by atoms with Crippen LogP contribution in [0.2, 0.25) is 0 Å². The number of piperidine rings is 1. The van der Waals surface area contributed by atoms with Crippen LogP contribution in [0, 0.1) is 11.7 Å². The van der Waals surface area contributed by atoms with E-state index < -0.39 is 0 Å². The zero-order chi connectivity index (χ0) is 16.8. The fraction of sp³-hybridized carbons (Fsp3) is 0.444. The molecule has 2 aromatic rings. The van der Waals surface area contributed by atoms with E-state index in [1.54, 1.807) is 17.5 Å². The van der Waals surface area contributed by atoms with Gasteiger partial charge in [0, 0.05) is 18.3 Å². The van der Waals surface area contributed by atoms with Crippen molar-refractivity contribution in [2.75, 3.05) is 19.6 Å². The van der Waals surface area contributed by atoms with Crippen molar-refractivity contribution in [1.29, 1.82) is 0 Å². The third-order valence-corrected chi connectivity index (χ3v) is 5.14. The maximum absolute atomic E-state index is 12.9. The van der Waals surface area contributed by atoms with E-state index in [2.05, 4.69) is 15.6 Å². The van der Waals surface area contributed by atoms with E-state index in [0.717, 1.165) is 30.1 Å². The second-order valence-corrected chi connectivity index (χ2v) is 7.13. The molecule has 0 spiro atoms. The van der Waals surface area contributed by atoms with Crippen molar-refractivity contribution >= 4 is 17.2 Å². The van der Waals surface area contributed by atoms with Gasteiger partial charge < -0.3 is 10.6 Å². The van der Waals surface area contributed by atoms with Crippen molar-refractivity contribution in [2.45, 2.75) is 25.7 Å². The molecule has 24 heavy (non-hydrogen) atoms. The lowest BCUT2D eigenvalue weighted by Crippen LogP contribution is -2.33. The average Bonchev–Trinajstić information content (AvgIpc) is 3.06. The molecule has 4 nitrogen and oxygen atoms in total. The van der Waals surface area contributed by atoms with Crippen molar-refractivity contribution in [3.63, 3.8) is 0 Å². The van der Waals surface area contributed by atoms with Gasteiger partial charge in [-0.1, -0.05) is 12.1 Å². The quantitative estimate of drug-likeness (QED) is 0.845. The van der Waals surface area contributed by atoms with Crippen molar-refractivity contribution in [2.24, 2.45) is 5.92 Å².